The number of nitrogens with zero attached hydrogens (tertiary/aromatic N) is 1. The van der Waals surface area contributed by atoms with Gasteiger partial charge in [-0.2, -0.15) is 4.98 Å². The number of nitrogen functional groups attached to an aromatic ring is 1. The lowest BCUT2D eigenvalue weighted by Crippen LogP contribution is -2.14. The van der Waals surface area contributed by atoms with Gasteiger partial charge in [-0.25, -0.2) is 13.6 Å². The fourth-order valence-electron chi connectivity index (χ4n) is 0.594. The number of aromatic nitrogens is 2. The molecule has 4 nitrogen and oxygen atoms in total. The lowest BCUT2D eigenvalue weighted by molar-refractivity contribution is 0.151. The summed E-state index contributed by atoms with van der Waals surface area (Å²) in [5.74, 6) is -0.427. The monoisotopic (exact) mass is 161 g/mol. The standard InChI is InChI=1S/C5H5F2N3O/c6-3(7)2-1-9-5(11)10-4(2)8/h1,3H,(H3,8,9,10,11). The maximum atomic E-state index is 11.9. The Kier molecular flexibility index (Phi) is 1.84. The number of halogens is 2. The molecule has 0 aliphatic rings. The van der Waals surface area contributed by atoms with E-state index in [9.17, 15) is 13.6 Å². The maximum Gasteiger partial charge on any atom is 0.346 e. The summed E-state index contributed by atoms with van der Waals surface area (Å²) in [6, 6.07) is 0. The molecule has 0 atom stereocenters. The fraction of sp³-hybridized carbons (Fsp3) is 0.200. The van der Waals surface area contributed by atoms with Crippen LogP contribution in [0.15, 0.2) is 11.0 Å². The van der Waals surface area contributed by atoms with E-state index in [0.29, 0.717) is 0 Å². The summed E-state index contributed by atoms with van der Waals surface area (Å²) in [5, 5.41) is 0. The molecule has 0 amide bonds. The number of anilines is 1. The third-order valence-electron chi connectivity index (χ3n) is 1.10. The first-order chi connectivity index (χ1) is 5.11. The van der Waals surface area contributed by atoms with Crippen LogP contribution in [0.2, 0.25) is 0 Å². The van der Waals surface area contributed by atoms with Crippen LogP contribution in [0.1, 0.15) is 12.0 Å². The lowest BCUT2D eigenvalue weighted by atomic mass is 10.3. The Morgan fingerprint density at radius 2 is 2.27 bits per heavy atom. The van der Waals surface area contributed by atoms with E-state index in [1.165, 1.54) is 0 Å². The summed E-state index contributed by atoms with van der Waals surface area (Å²) in [4.78, 5) is 15.5. The number of alkyl halides is 2. The molecule has 0 radical (unpaired) electrons. The molecule has 0 bridgehead atoms. The molecule has 0 aliphatic heterocycles. The van der Waals surface area contributed by atoms with Gasteiger partial charge in [0, 0.05) is 6.20 Å². The van der Waals surface area contributed by atoms with Crippen LogP contribution in [-0.4, -0.2) is 9.97 Å². The topological polar surface area (TPSA) is 71.8 Å². The largest absolute Gasteiger partial charge is 0.383 e. The third-order valence-corrected chi connectivity index (χ3v) is 1.10. The molecular formula is C5H5F2N3O. The van der Waals surface area contributed by atoms with Crippen molar-refractivity contribution < 1.29 is 8.78 Å². The van der Waals surface area contributed by atoms with Gasteiger partial charge in [-0.05, 0) is 0 Å². The lowest BCUT2D eigenvalue weighted by Gasteiger charge is -1.99. The average Bonchev–Trinajstić information content (AvgIpc) is 1.85. The molecule has 0 unspecified atom stereocenters. The van der Waals surface area contributed by atoms with Crippen LogP contribution in [0, 0.1) is 0 Å². The zero-order valence-corrected chi connectivity index (χ0v) is 5.34. The molecule has 0 saturated heterocycles. The third kappa shape index (κ3) is 1.51. The number of H-pyrrole nitrogens is 1. The molecule has 11 heavy (non-hydrogen) atoms. The minimum absolute atomic E-state index is 0.427. The Bertz CT molecular complexity index is 309. The first-order valence-corrected chi connectivity index (χ1v) is 2.74. The number of hydrogen-bond acceptors (Lipinski definition) is 3. The van der Waals surface area contributed by atoms with Crippen LogP contribution in [0.4, 0.5) is 14.6 Å². The summed E-state index contributed by atoms with van der Waals surface area (Å²) in [6.07, 6.45) is -1.85. The van der Waals surface area contributed by atoms with E-state index >= 15 is 0 Å². The number of rotatable bonds is 1. The Morgan fingerprint density at radius 3 is 2.73 bits per heavy atom. The predicted molar refractivity (Wildman–Crippen MR) is 34.2 cm³/mol. The van der Waals surface area contributed by atoms with Crippen LogP contribution in [-0.2, 0) is 0 Å². The Hall–Kier alpha value is -1.46. The van der Waals surface area contributed by atoms with Crippen LogP contribution in [0.25, 0.3) is 0 Å². The number of aromatic amines is 1. The van der Waals surface area contributed by atoms with E-state index in [4.69, 9.17) is 5.73 Å². The van der Waals surface area contributed by atoms with Crippen molar-refractivity contribution in [3.8, 4) is 0 Å². The number of nitrogens with one attached hydrogen (secondary N) is 1. The molecule has 0 aliphatic carbocycles. The van der Waals surface area contributed by atoms with E-state index in [-0.39, 0.29) is 0 Å². The van der Waals surface area contributed by atoms with Gasteiger partial charge in [0.2, 0.25) is 0 Å². The van der Waals surface area contributed by atoms with Gasteiger partial charge < -0.3 is 10.7 Å². The van der Waals surface area contributed by atoms with Gasteiger partial charge in [-0.3, -0.25) is 0 Å². The molecule has 6 heteroatoms. The summed E-state index contributed by atoms with van der Waals surface area (Å²) >= 11 is 0. The predicted octanol–water partition coefficient (Wildman–Crippen LogP) is 0.290. The van der Waals surface area contributed by atoms with Crippen molar-refractivity contribution in [1.82, 2.24) is 9.97 Å². The highest BCUT2D eigenvalue weighted by Gasteiger charge is 2.11. The molecule has 0 spiro atoms. The minimum atomic E-state index is -2.71. The van der Waals surface area contributed by atoms with Crippen molar-refractivity contribution in [3.05, 3.63) is 22.2 Å². The fourth-order valence-corrected chi connectivity index (χ4v) is 0.594. The van der Waals surface area contributed by atoms with E-state index in [1.54, 1.807) is 0 Å². The molecule has 1 heterocycles. The highest BCUT2D eigenvalue weighted by atomic mass is 19.3. The number of nitrogens with two attached hydrogens (primary N) is 1. The van der Waals surface area contributed by atoms with Gasteiger partial charge in [-0.1, -0.05) is 0 Å². The molecule has 0 aromatic carbocycles. The average molecular weight is 161 g/mol. The second-order valence-corrected chi connectivity index (χ2v) is 1.85. The van der Waals surface area contributed by atoms with E-state index in [2.05, 4.69) is 4.98 Å². The molecule has 3 N–H and O–H groups in total. The highest BCUT2D eigenvalue weighted by molar-refractivity contribution is 5.36. The maximum absolute atomic E-state index is 11.9. The van der Waals surface area contributed by atoms with Crippen molar-refractivity contribution in [2.75, 3.05) is 5.73 Å². The van der Waals surface area contributed by atoms with Crippen LogP contribution >= 0.6 is 0 Å². The van der Waals surface area contributed by atoms with E-state index in [1.807, 2.05) is 4.98 Å². The summed E-state index contributed by atoms with van der Waals surface area (Å²) in [6.45, 7) is 0. The van der Waals surface area contributed by atoms with Crippen molar-refractivity contribution in [1.29, 1.82) is 0 Å². The van der Waals surface area contributed by atoms with Gasteiger partial charge in [0.15, 0.2) is 0 Å². The molecule has 60 valence electrons. The molecular weight excluding hydrogens is 156 g/mol. The van der Waals surface area contributed by atoms with E-state index in [0.717, 1.165) is 6.20 Å². The van der Waals surface area contributed by atoms with Gasteiger partial charge in [0.25, 0.3) is 6.43 Å². The van der Waals surface area contributed by atoms with Gasteiger partial charge in [-0.15, -0.1) is 0 Å². The molecule has 1 aromatic heterocycles. The highest BCUT2D eigenvalue weighted by Crippen LogP contribution is 2.20. The molecule has 0 fully saturated rings. The Labute approximate surface area is 60.1 Å². The van der Waals surface area contributed by atoms with Crippen LogP contribution < -0.4 is 11.4 Å². The van der Waals surface area contributed by atoms with Gasteiger partial charge >= 0.3 is 5.69 Å². The van der Waals surface area contributed by atoms with Gasteiger partial charge in [0.05, 0.1) is 5.56 Å². The zero-order chi connectivity index (χ0) is 8.43. The first kappa shape index (κ1) is 7.64. The number of hydrogen-bond donors (Lipinski definition) is 2. The first-order valence-electron chi connectivity index (χ1n) is 2.74. The zero-order valence-electron chi connectivity index (χ0n) is 5.34. The summed E-state index contributed by atoms with van der Waals surface area (Å²) < 4.78 is 23.8. The smallest absolute Gasteiger partial charge is 0.346 e. The Morgan fingerprint density at radius 1 is 1.64 bits per heavy atom. The van der Waals surface area contributed by atoms with Crippen LogP contribution in [0.5, 0.6) is 0 Å². The second kappa shape index (κ2) is 2.65. The summed E-state index contributed by atoms with van der Waals surface area (Å²) in [7, 11) is 0. The molecule has 1 aromatic rings. The van der Waals surface area contributed by atoms with Crippen molar-refractivity contribution in [2.45, 2.75) is 6.43 Å². The van der Waals surface area contributed by atoms with Crippen molar-refractivity contribution >= 4 is 5.82 Å². The molecule has 0 saturated carbocycles. The van der Waals surface area contributed by atoms with Crippen LogP contribution in [0.3, 0.4) is 0 Å². The van der Waals surface area contributed by atoms with Crippen molar-refractivity contribution in [2.24, 2.45) is 0 Å². The van der Waals surface area contributed by atoms with Crippen molar-refractivity contribution in [3.63, 3.8) is 0 Å². The molecule has 1 rings (SSSR count). The summed E-state index contributed by atoms with van der Waals surface area (Å²) in [5.41, 5.74) is 3.83. The second-order valence-electron chi connectivity index (χ2n) is 1.85. The van der Waals surface area contributed by atoms with E-state index < -0.39 is 23.5 Å². The van der Waals surface area contributed by atoms with Gasteiger partial charge in [0.1, 0.15) is 5.82 Å². The minimum Gasteiger partial charge on any atom is -0.383 e. The Balaban J connectivity index is 3.20. The quantitative estimate of drug-likeness (QED) is 0.621. The SMILES string of the molecule is Nc1nc(=O)[nH]cc1C(F)F. The normalized spacial score (nSPS) is 10.5.